The van der Waals surface area contributed by atoms with Crippen LogP contribution in [-0.4, -0.2) is 32.5 Å². The van der Waals surface area contributed by atoms with Gasteiger partial charge in [-0.3, -0.25) is 9.78 Å². The van der Waals surface area contributed by atoms with Crippen LogP contribution < -0.4 is 0 Å². The van der Waals surface area contributed by atoms with Crippen molar-refractivity contribution < 1.29 is 9.53 Å². The Morgan fingerprint density at radius 1 is 0.975 bits per heavy atom. The minimum absolute atomic E-state index is 0.218. The van der Waals surface area contributed by atoms with E-state index < -0.39 is 0 Å². The normalized spacial score (nSPS) is 16.9. The number of allylic oxidation sites excluding steroid dienone is 2. The maximum absolute atomic E-state index is 11.3. The van der Waals surface area contributed by atoms with Crippen molar-refractivity contribution in [2.45, 2.75) is 79.6 Å². The summed E-state index contributed by atoms with van der Waals surface area (Å²) in [5.74, 6) is 0.206. The van der Waals surface area contributed by atoms with Crippen LogP contribution in [0.5, 0.6) is 0 Å². The number of carbonyl (C=O) groups excluding carboxylic acids is 1. The minimum Gasteiger partial charge on any atom is -0.466 e. The molecule has 2 N–H and O–H groups in total. The summed E-state index contributed by atoms with van der Waals surface area (Å²) < 4.78 is 5.25. The second-order valence-corrected chi connectivity index (χ2v) is 11.2. The third-order valence-electron chi connectivity index (χ3n) is 8.65. The number of esters is 1. The number of aryl methyl sites for hydroxylation is 3. The van der Waals surface area contributed by atoms with Gasteiger partial charge in [0.15, 0.2) is 0 Å². The Balaban J connectivity index is 1.82. The first-order valence-electron chi connectivity index (χ1n) is 14.3. The fraction of sp³-hybridized carbons (Fsp3) is 0.382. The third kappa shape index (κ3) is 4.91. The predicted molar refractivity (Wildman–Crippen MR) is 165 cm³/mol. The van der Waals surface area contributed by atoms with Crippen molar-refractivity contribution in [3.63, 3.8) is 0 Å². The molecule has 3 aromatic rings. The highest BCUT2D eigenvalue weighted by atomic mass is 16.5. The van der Waals surface area contributed by atoms with Gasteiger partial charge in [0.1, 0.15) is 0 Å². The third-order valence-corrected chi connectivity index (χ3v) is 8.65. The van der Waals surface area contributed by atoms with Gasteiger partial charge in [-0.15, -0.1) is 0 Å². The first kappa shape index (κ1) is 27.6. The Hall–Kier alpha value is -3.93. The molecule has 8 bridgehead atoms. The average molecular weight is 537 g/mol. The van der Waals surface area contributed by atoms with Gasteiger partial charge in [0, 0.05) is 57.8 Å². The largest absolute Gasteiger partial charge is 0.466 e. The lowest BCUT2D eigenvalue weighted by Crippen LogP contribution is -2.07. The van der Waals surface area contributed by atoms with E-state index in [-0.39, 0.29) is 17.8 Å². The van der Waals surface area contributed by atoms with E-state index >= 15 is 0 Å². The van der Waals surface area contributed by atoms with Gasteiger partial charge in [0.25, 0.3) is 0 Å². The number of ether oxygens (including phenoxy) is 1. The summed E-state index contributed by atoms with van der Waals surface area (Å²) >= 11 is 0. The minimum atomic E-state index is -0.236. The number of aromatic amines is 2. The van der Waals surface area contributed by atoms with Gasteiger partial charge in [-0.1, -0.05) is 26.5 Å². The molecule has 0 aromatic carbocycles. The molecule has 0 radical (unpaired) electrons. The maximum Gasteiger partial charge on any atom is 0.302 e. The Morgan fingerprint density at radius 3 is 2.38 bits per heavy atom. The molecule has 6 nitrogen and oxygen atoms in total. The van der Waals surface area contributed by atoms with Crippen LogP contribution in [0.2, 0.25) is 0 Å². The molecule has 0 unspecified atom stereocenters. The SMILES string of the molecule is C=Cc1c(C)c2cc3nc(c(C)c4cc(C)c(cc5nc(cc1[nH]2)C(C)=C5CC)[nH]4)[C@@H](CCCOC(C)=O)[C@@H]3C. The molecule has 0 saturated carbocycles. The van der Waals surface area contributed by atoms with E-state index in [9.17, 15) is 4.79 Å². The second-order valence-electron chi connectivity index (χ2n) is 11.2. The number of nitrogens with one attached hydrogen (secondary N) is 2. The summed E-state index contributed by atoms with van der Waals surface area (Å²) in [6, 6.07) is 8.75. The van der Waals surface area contributed by atoms with E-state index in [2.05, 4.69) is 82.4 Å². The molecule has 208 valence electrons. The highest BCUT2D eigenvalue weighted by Gasteiger charge is 2.30. The van der Waals surface area contributed by atoms with Crippen molar-refractivity contribution in [3.05, 3.63) is 75.9 Å². The van der Waals surface area contributed by atoms with Gasteiger partial charge in [0.2, 0.25) is 0 Å². The van der Waals surface area contributed by atoms with Crippen LogP contribution in [0.15, 0.2) is 30.8 Å². The molecule has 2 aliphatic heterocycles. The van der Waals surface area contributed by atoms with E-state index in [1.54, 1.807) is 0 Å². The molecule has 0 saturated heterocycles. The summed E-state index contributed by atoms with van der Waals surface area (Å²) in [7, 11) is 0. The van der Waals surface area contributed by atoms with Gasteiger partial charge in [-0.2, -0.15) is 0 Å². The molecular weight excluding hydrogens is 496 g/mol. The number of hydrogen-bond acceptors (Lipinski definition) is 4. The topological polar surface area (TPSA) is 83.7 Å². The van der Waals surface area contributed by atoms with Crippen LogP contribution in [0.4, 0.5) is 0 Å². The maximum atomic E-state index is 11.3. The summed E-state index contributed by atoms with van der Waals surface area (Å²) in [4.78, 5) is 29.0. The van der Waals surface area contributed by atoms with Crippen molar-refractivity contribution >= 4 is 45.3 Å². The van der Waals surface area contributed by atoms with Crippen LogP contribution in [0.3, 0.4) is 0 Å². The zero-order valence-electron chi connectivity index (χ0n) is 24.8. The van der Waals surface area contributed by atoms with Crippen LogP contribution in [0.1, 0.15) is 104 Å². The van der Waals surface area contributed by atoms with Crippen molar-refractivity contribution in [2.24, 2.45) is 0 Å². The summed E-state index contributed by atoms with van der Waals surface area (Å²) in [6.45, 7) is 19.0. The van der Waals surface area contributed by atoms with E-state index in [1.807, 2.05) is 6.08 Å². The highest BCUT2D eigenvalue weighted by Crippen LogP contribution is 2.42. The summed E-state index contributed by atoms with van der Waals surface area (Å²) in [5, 5.41) is 0. The molecule has 5 rings (SSSR count). The smallest absolute Gasteiger partial charge is 0.302 e. The van der Waals surface area contributed by atoms with E-state index in [1.165, 1.54) is 23.6 Å². The monoisotopic (exact) mass is 536 g/mol. The van der Waals surface area contributed by atoms with Crippen LogP contribution in [0.25, 0.3) is 39.3 Å². The molecule has 2 atom stereocenters. The van der Waals surface area contributed by atoms with Gasteiger partial charge < -0.3 is 14.7 Å². The average Bonchev–Trinajstić information content (AvgIpc) is 3.61. The van der Waals surface area contributed by atoms with Gasteiger partial charge >= 0.3 is 5.97 Å². The number of nitrogens with zero attached hydrogens (tertiary/aromatic N) is 2. The number of rotatable bonds is 6. The first-order chi connectivity index (χ1) is 19.1. The molecule has 0 amide bonds. The number of fused-ring (bicyclic) bond motifs is 8. The van der Waals surface area contributed by atoms with E-state index in [0.717, 1.165) is 80.8 Å². The highest BCUT2D eigenvalue weighted by molar-refractivity contribution is 5.93. The van der Waals surface area contributed by atoms with Crippen molar-refractivity contribution in [1.29, 1.82) is 0 Å². The van der Waals surface area contributed by atoms with Gasteiger partial charge in [-0.05, 0) is 99.1 Å². The van der Waals surface area contributed by atoms with Gasteiger partial charge in [-0.25, -0.2) is 4.98 Å². The Kier molecular flexibility index (Phi) is 7.54. The van der Waals surface area contributed by atoms with Gasteiger partial charge in [0.05, 0.1) is 18.0 Å². The number of hydrogen-bond donors (Lipinski definition) is 2. The first-order valence-corrected chi connectivity index (χ1v) is 14.3. The van der Waals surface area contributed by atoms with E-state index in [4.69, 9.17) is 14.7 Å². The standard InChI is InChI=1S/C34H40N4O2/c1-9-24-20(5)30-17-33-25(10-2)19(4)29(36-33)16-31-21(6)26(12-11-13-40-23(8)39)34(38-31)22(7)28-14-18(3)27(35-28)15-32(24)37-30/h10,14-17,21,26,35-36H,2,9,11-13H2,1,3-8H3/t21-,26-/m0/s1. The summed E-state index contributed by atoms with van der Waals surface area (Å²) in [6.07, 6.45) is 4.52. The fourth-order valence-corrected chi connectivity index (χ4v) is 6.19. The Morgan fingerprint density at radius 2 is 1.68 bits per heavy atom. The molecule has 0 fully saturated rings. The number of H-pyrrole nitrogens is 2. The molecule has 2 aliphatic rings. The van der Waals surface area contributed by atoms with Crippen molar-refractivity contribution in [3.8, 4) is 0 Å². The number of carbonyl (C=O) groups is 1. The zero-order valence-corrected chi connectivity index (χ0v) is 24.8. The van der Waals surface area contributed by atoms with Crippen molar-refractivity contribution in [1.82, 2.24) is 19.9 Å². The Bertz CT molecular complexity index is 1700. The fourth-order valence-electron chi connectivity index (χ4n) is 6.19. The molecule has 6 heteroatoms. The van der Waals surface area contributed by atoms with Crippen molar-refractivity contribution in [2.75, 3.05) is 6.61 Å². The van der Waals surface area contributed by atoms with E-state index in [0.29, 0.717) is 6.61 Å². The van der Waals surface area contributed by atoms with Crippen LogP contribution in [-0.2, 0) is 9.53 Å². The molecule has 0 spiro atoms. The summed E-state index contributed by atoms with van der Waals surface area (Å²) in [5.41, 5.74) is 15.4. The quantitative estimate of drug-likeness (QED) is 0.244. The lowest BCUT2D eigenvalue weighted by molar-refractivity contribution is -0.141. The molecule has 40 heavy (non-hydrogen) atoms. The lowest BCUT2D eigenvalue weighted by atomic mass is 9.86. The Labute approximate surface area is 236 Å². The zero-order chi connectivity index (χ0) is 28.7. The molecule has 5 heterocycles. The van der Waals surface area contributed by atoms with Crippen LogP contribution in [0, 0.1) is 20.8 Å². The molecule has 0 aliphatic carbocycles. The second kappa shape index (κ2) is 10.9. The molecule has 3 aromatic heterocycles. The lowest BCUT2D eigenvalue weighted by Gasteiger charge is -2.17. The molecular formula is C34H40N4O2. The predicted octanol–water partition coefficient (Wildman–Crippen LogP) is 8.45. The number of aromatic nitrogens is 4. The van der Waals surface area contributed by atoms with Crippen LogP contribution >= 0.6 is 0 Å².